The van der Waals surface area contributed by atoms with E-state index in [0.717, 1.165) is 11.3 Å². The number of thioether (sulfide) groups is 1. The van der Waals surface area contributed by atoms with E-state index in [1.54, 1.807) is 11.8 Å². The molecule has 0 aromatic heterocycles. The number of hydrogen-bond donors (Lipinski definition) is 1. The predicted octanol–water partition coefficient (Wildman–Crippen LogP) is 2.37. The van der Waals surface area contributed by atoms with Crippen LogP contribution in [0.2, 0.25) is 0 Å². The van der Waals surface area contributed by atoms with Gasteiger partial charge < -0.3 is 10.5 Å². The van der Waals surface area contributed by atoms with Crippen LogP contribution in [-0.4, -0.2) is 24.1 Å². The molecule has 0 aliphatic heterocycles. The van der Waals surface area contributed by atoms with Gasteiger partial charge in [-0.25, -0.2) is 0 Å². The lowest BCUT2D eigenvalue weighted by molar-refractivity contribution is -0.140. The molecule has 0 spiro atoms. The van der Waals surface area contributed by atoms with Crippen molar-refractivity contribution >= 4 is 17.7 Å². The van der Waals surface area contributed by atoms with Crippen molar-refractivity contribution in [3.05, 3.63) is 35.9 Å². The largest absolute Gasteiger partial charge is 0.469 e. The van der Waals surface area contributed by atoms with Gasteiger partial charge in [0.05, 0.1) is 13.5 Å². The Morgan fingerprint density at radius 1 is 1.41 bits per heavy atom. The predicted molar refractivity (Wildman–Crippen MR) is 71.9 cm³/mol. The first-order chi connectivity index (χ1) is 8.15. The van der Waals surface area contributed by atoms with Crippen molar-refractivity contribution in [1.82, 2.24) is 0 Å². The average Bonchev–Trinajstić information content (AvgIpc) is 2.38. The van der Waals surface area contributed by atoms with E-state index in [4.69, 9.17) is 5.73 Å². The summed E-state index contributed by atoms with van der Waals surface area (Å²) in [6, 6.07) is 10.0. The van der Waals surface area contributed by atoms with Crippen LogP contribution in [0.1, 0.15) is 24.9 Å². The maximum absolute atomic E-state index is 11.0. The zero-order valence-electron chi connectivity index (χ0n) is 10.3. The molecule has 0 saturated heterocycles. The maximum atomic E-state index is 11.0. The lowest BCUT2D eigenvalue weighted by Crippen LogP contribution is -2.21. The highest BCUT2D eigenvalue weighted by Crippen LogP contribution is 2.24. The standard InChI is InChI=1S/C13H19NO2S/c1-10(17-9-8-12(15)16-2)13(14)11-6-4-3-5-7-11/h3-7,10,13H,8-9,14H2,1-2H3. The van der Waals surface area contributed by atoms with Gasteiger partial charge in [-0.05, 0) is 5.56 Å². The van der Waals surface area contributed by atoms with E-state index in [2.05, 4.69) is 11.7 Å². The molecule has 0 aliphatic carbocycles. The Hall–Kier alpha value is -1.00. The quantitative estimate of drug-likeness (QED) is 0.791. The number of esters is 1. The van der Waals surface area contributed by atoms with Gasteiger partial charge in [-0.1, -0.05) is 37.3 Å². The molecule has 2 N–H and O–H groups in total. The van der Waals surface area contributed by atoms with Crippen molar-refractivity contribution < 1.29 is 9.53 Å². The highest BCUT2D eigenvalue weighted by Gasteiger charge is 2.15. The summed E-state index contributed by atoms with van der Waals surface area (Å²) >= 11 is 1.70. The van der Waals surface area contributed by atoms with E-state index >= 15 is 0 Å². The Balaban J connectivity index is 2.37. The van der Waals surface area contributed by atoms with Gasteiger partial charge in [0.2, 0.25) is 0 Å². The minimum Gasteiger partial charge on any atom is -0.469 e. The second-order valence-corrected chi connectivity index (χ2v) is 5.32. The van der Waals surface area contributed by atoms with E-state index in [9.17, 15) is 4.79 Å². The summed E-state index contributed by atoms with van der Waals surface area (Å²) in [5.41, 5.74) is 7.28. The Labute approximate surface area is 107 Å². The van der Waals surface area contributed by atoms with Crippen LogP contribution in [0.3, 0.4) is 0 Å². The molecule has 0 amide bonds. The van der Waals surface area contributed by atoms with Crippen molar-refractivity contribution in [1.29, 1.82) is 0 Å². The molecule has 94 valence electrons. The number of carbonyl (C=O) groups is 1. The summed E-state index contributed by atoms with van der Waals surface area (Å²) in [5, 5.41) is 0.280. The molecule has 2 atom stereocenters. The van der Waals surface area contributed by atoms with Crippen LogP contribution in [0.15, 0.2) is 30.3 Å². The van der Waals surface area contributed by atoms with Crippen LogP contribution in [0.25, 0.3) is 0 Å². The molecule has 1 rings (SSSR count). The van der Waals surface area contributed by atoms with Crippen molar-refractivity contribution in [2.24, 2.45) is 5.73 Å². The lowest BCUT2D eigenvalue weighted by Gasteiger charge is -2.19. The highest BCUT2D eigenvalue weighted by atomic mass is 32.2. The molecule has 1 aromatic carbocycles. The topological polar surface area (TPSA) is 52.3 Å². The van der Waals surface area contributed by atoms with E-state index in [0.29, 0.717) is 6.42 Å². The fourth-order valence-corrected chi connectivity index (χ4v) is 2.50. The summed E-state index contributed by atoms with van der Waals surface area (Å²) in [5.74, 6) is 0.576. The zero-order valence-corrected chi connectivity index (χ0v) is 11.1. The molecule has 0 saturated carbocycles. The second-order valence-electron chi connectivity index (χ2n) is 3.84. The van der Waals surface area contributed by atoms with Crippen LogP contribution in [0.5, 0.6) is 0 Å². The molecule has 0 bridgehead atoms. The average molecular weight is 253 g/mol. The van der Waals surface area contributed by atoms with E-state index < -0.39 is 0 Å². The second kappa shape index (κ2) is 7.35. The van der Waals surface area contributed by atoms with Gasteiger partial charge in [0, 0.05) is 17.0 Å². The van der Waals surface area contributed by atoms with Gasteiger partial charge in [0.15, 0.2) is 0 Å². The molecular weight excluding hydrogens is 234 g/mol. The first kappa shape index (κ1) is 14.1. The fourth-order valence-electron chi connectivity index (χ4n) is 1.48. The van der Waals surface area contributed by atoms with Crippen molar-refractivity contribution in [2.75, 3.05) is 12.9 Å². The van der Waals surface area contributed by atoms with E-state index in [-0.39, 0.29) is 17.3 Å². The molecule has 0 radical (unpaired) electrons. The minimum absolute atomic E-state index is 0.00107. The van der Waals surface area contributed by atoms with Crippen LogP contribution in [-0.2, 0) is 9.53 Å². The van der Waals surface area contributed by atoms with Gasteiger partial charge in [0.1, 0.15) is 0 Å². The van der Waals surface area contributed by atoms with Gasteiger partial charge >= 0.3 is 5.97 Å². The number of carbonyl (C=O) groups excluding carboxylic acids is 1. The van der Waals surface area contributed by atoms with Crippen LogP contribution < -0.4 is 5.73 Å². The first-order valence-electron chi connectivity index (χ1n) is 5.64. The summed E-state index contributed by atoms with van der Waals surface area (Å²) in [6.45, 7) is 2.08. The highest BCUT2D eigenvalue weighted by molar-refractivity contribution is 7.99. The Bertz CT molecular complexity index is 343. The number of ether oxygens (including phenoxy) is 1. The maximum Gasteiger partial charge on any atom is 0.306 e. The number of benzene rings is 1. The number of methoxy groups -OCH3 is 1. The van der Waals surface area contributed by atoms with Gasteiger partial charge in [-0.2, -0.15) is 11.8 Å². The fraction of sp³-hybridized carbons (Fsp3) is 0.462. The first-order valence-corrected chi connectivity index (χ1v) is 6.69. The van der Waals surface area contributed by atoms with Gasteiger partial charge in [0.25, 0.3) is 0 Å². The monoisotopic (exact) mass is 253 g/mol. The minimum atomic E-state index is -0.169. The Kier molecular flexibility index (Phi) is 6.08. The van der Waals surface area contributed by atoms with Gasteiger partial charge in [-0.3, -0.25) is 4.79 Å². The third-order valence-electron chi connectivity index (χ3n) is 2.60. The van der Waals surface area contributed by atoms with Crippen molar-refractivity contribution in [2.45, 2.75) is 24.6 Å². The molecule has 3 nitrogen and oxygen atoms in total. The Morgan fingerprint density at radius 3 is 2.65 bits per heavy atom. The Morgan fingerprint density at radius 2 is 2.06 bits per heavy atom. The van der Waals surface area contributed by atoms with Crippen LogP contribution in [0, 0.1) is 0 Å². The molecule has 0 fully saturated rings. The van der Waals surface area contributed by atoms with Crippen LogP contribution >= 0.6 is 11.8 Å². The van der Waals surface area contributed by atoms with Crippen molar-refractivity contribution in [3.8, 4) is 0 Å². The number of nitrogens with two attached hydrogens (primary N) is 1. The molecule has 4 heteroatoms. The number of rotatable bonds is 6. The summed E-state index contributed by atoms with van der Waals surface area (Å²) in [4.78, 5) is 11.0. The van der Waals surface area contributed by atoms with E-state index in [1.165, 1.54) is 7.11 Å². The molecule has 17 heavy (non-hydrogen) atoms. The normalized spacial score (nSPS) is 14.1. The number of hydrogen-bond acceptors (Lipinski definition) is 4. The summed E-state index contributed by atoms with van der Waals surface area (Å²) < 4.78 is 4.59. The SMILES string of the molecule is COC(=O)CCSC(C)C(N)c1ccccc1. The molecule has 2 unspecified atom stereocenters. The van der Waals surface area contributed by atoms with E-state index in [1.807, 2.05) is 30.3 Å². The molecule has 1 aromatic rings. The third-order valence-corrected chi connectivity index (χ3v) is 3.86. The zero-order chi connectivity index (χ0) is 12.7. The molecular formula is C13H19NO2S. The van der Waals surface area contributed by atoms with Crippen molar-refractivity contribution in [3.63, 3.8) is 0 Å². The third kappa shape index (κ3) is 4.79. The summed E-state index contributed by atoms with van der Waals surface area (Å²) in [6.07, 6.45) is 0.438. The lowest BCUT2D eigenvalue weighted by atomic mass is 10.1. The molecule has 0 heterocycles. The van der Waals surface area contributed by atoms with Crippen LogP contribution in [0.4, 0.5) is 0 Å². The summed E-state index contributed by atoms with van der Waals surface area (Å²) in [7, 11) is 1.41. The smallest absolute Gasteiger partial charge is 0.306 e. The van der Waals surface area contributed by atoms with Gasteiger partial charge in [-0.15, -0.1) is 0 Å². The molecule has 0 aliphatic rings.